The zero-order chi connectivity index (χ0) is 10.9. The molecule has 0 saturated carbocycles. The Morgan fingerprint density at radius 2 is 1.85 bits per heavy atom. The van der Waals surface area contributed by atoms with Crippen LogP contribution in [0.25, 0.3) is 0 Å². The number of aliphatic carboxylic acids is 1. The van der Waals surface area contributed by atoms with Crippen molar-refractivity contribution < 1.29 is 9.90 Å². The maximum absolute atomic E-state index is 9.00. The number of nitrogens with zero attached hydrogens (tertiary/aromatic N) is 2. The van der Waals surface area contributed by atoms with Gasteiger partial charge in [0.05, 0.1) is 6.54 Å². The second kappa shape index (κ2) is 8.79. The van der Waals surface area contributed by atoms with Crippen molar-refractivity contribution in [3.8, 4) is 0 Å². The van der Waals surface area contributed by atoms with Crippen molar-refractivity contribution in [2.75, 3.05) is 27.2 Å². The minimum absolute atomic E-state index is 0.164. The van der Waals surface area contributed by atoms with Crippen LogP contribution in [0.5, 0.6) is 0 Å². The number of aliphatic imine (C=N–C) groups is 1. The van der Waals surface area contributed by atoms with Crippen LogP contribution < -0.4 is 11.5 Å². The lowest BCUT2D eigenvalue weighted by Gasteiger charge is -2.05. The fourth-order valence-corrected chi connectivity index (χ4v) is 0.379. The molecule has 13 heavy (non-hydrogen) atoms. The van der Waals surface area contributed by atoms with Gasteiger partial charge >= 0.3 is 0 Å². The quantitative estimate of drug-likeness (QED) is 0.387. The molecule has 0 aliphatic carbocycles. The Hall–Kier alpha value is -1.30. The van der Waals surface area contributed by atoms with Crippen molar-refractivity contribution >= 4 is 11.9 Å². The number of carbonyl (C=O) groups is 1. The summed E-state index contributed by atoms with van der Waals surface area (Å²) in [5.41, 5.74) is 10.2. The molecular formula is C7H18N4O2. The third-order valence-corrected chi connectivity index (χ3v) is 0.842. The van der Waals surface area contributed by atoms with Gasteiger partial charge in [-0.25, -0.2) is 0 Å². The maximum Gasteiger partial charge on any atom is 0.300 e. The molecule has 6 nitrogen and oxygen atoms in total. The van der Waals surface area contributed by atoms with Crippen LogP contribution in [0.1, 0.15) is 6.92 Å². The van der Waals surface area contributed by atoms with Crippen LogP contribution in [-0.2, 0) is 4.79 Å². The van der Waals surface area contributed by atoms with Crippen LogP contribution in [0.3, 0.4) is 0 Å². The predicted molar refractivity (Wildman–Crippen MR) is 52.5 cm³/mol. The van der Waals surface area contributed by atoms with Gasteiger partial charge < -0.3 is 21.5 Å². The molecule has 6 heteroatoms. The molecule has 0 aromatic rings. The second-order valence-electron chi connectivity index (χ2n) is 2.63. The van der Waals surface area contributed by atoms with Crippen LogP contribution in [0.4, 0.5) is 0 Å². The Kier molecular flexibility index (Phi) is 9.63. The average Bonchev–Trinajstić information content (AvgIpc) is 1.83. The van der Waals surface area contributed by atoms with E-state index in [-0.39, 0.29) is 5.96 Å². The first-order valence-electron chi connectivity index (χ1n) is 3.76. The van der Waals surface area contributed by atoms with Gasteiger partial charge in [-0.1, -0.05) is 0 Å². The van der Waals surface area contributed by atoms with Gasteiger partial charge in [0.25, 0.3) is 5.97 Å². The van der Waals surface area contributed by atoms with E-state index in [0.29, 0.717) is 6.54 Å². The number of likely N-dealkylation sites (N-methyl/N-ethyl adjacent to an activating group) is 1. The standard InChI is InChI=1S/C5H14N4.C2H4O2/c1-9(2)4-3-8-5(6)7;1-2(3)4/h3-4H2,1-2H3,(H4,6,7,8);1H3,(H,3,4). The highest BCUT2D eigenvalue weighted by molar-refractivity contribution is 5.75. The van der Waals surface area contributed by atoms with Gasteiger partial charge in [0, 0.05) is 13.5 Å². The largest absolute Gasteiger partial charge is 0.481 e. The number of carboxylic acid groups (broad SMARTS) is 1. The number of hydrogen-bond acceptors (Lipinski definition) is 3. The molecule has 0 amide bonds. The molecule has 0 bridgehead atoms. The number of hydrogen-bond donors (Lipinski definition) is 3. The molecule has 0 radical (unpaired) electrons. The minimum atomic E-state index is -0.833. The molecule has 0 heterocycles. The van der Waals surface area contributed by atoms with Gasteiger partial charge in [0.2, 0.25) is 0 Å². The summed E-state index contributed by atoms with van der Waals surface area (Å²) >= 11 is 0. The minimum Gasteiger partial charge on any atom is -0.481 e. The summed E-state index contributed by atoms with van der Waals surface area (Å²) in [7, 11) is 3.95. The van der Waals surface area contributed by atoms with Crippen molar-refractivity contribution in [1.82, 2.24) is 4.90 Å². The monoisotopic (exact) mass is 190 g/mol. The summed E-state index contributed by atoms with van der Waals surface area (Å²) in [6.07, 6.45) is 0. The van der Waals surface area contributed by atoms with Gasteiger partial charge in [-0.15, -0.1) is 0 Å². The normalized spacial score (nSPS) is 8.62. The second-order valence-corrected chi connectivity index (χ2v) is 2.63. The van der Waals surface area contributed by atoms with Crippen molar-refractivity contribution in [2.24, 2.45) is 16.5 Å². The molecule has 0 atom stereocenters. The van der Waals surface area contributed by atoms with Crippen molar-refractivity contribution in [2.45, 2.75) is 6.92 Å². The molecule has 78 valence electrons. The van der Waals surface area contributed by atoms with E-state index < -0.39 is 5.97 Å². The summed E-state index contributed by atoms with van der Waals surface area (Å²) in [5, 5.41) is 7.42. The lowest BCUT2D eigenvalue weighted by molar-refractivity contribution is -0.134. The molecule has 0 saturated heterocycles. The first-order chi connectivity index (χ1) is 5.86. The Morgan fingerprint density at radius 1 is 1.46 bits per heavy atom. The zero-order valence-corrected chi connectivity index (χ0v) is 8.32. The highest BCUT2D eigenvalue weighted by atomic mass is 16.4. The summed E-state index contributed by atoms with van der Waals surface area (Å²) in [6.45, 7) is 2.65. The summed E-state index contributed by atoms with van der Waals surface area (Å²) in [5.74, 6) is -0.670. The van der Waals surface area contributed by atoms with Crippen LogP contribution in [0.2, 0.25) is 0 Å². The first-order valence-corrected chi connectivity index (χ1v) is 3.76. The van der Waals surface area contributed by atoms with Crippen LogP contribution >= 0.6 is 0 Å². The molecule has 0 fully saturated rings. The van der Waals surface area contributed by atoms with Crippen molar-refractivity contribution in [3.05, 3.63) is 0 Å². The van der Waals surface area contributed by atoms with E-state index in [2.05, 4.69) is 4.99 Å². The van der Waals surface area contributed by atoms with Crippen LogP contribution in [0, 0.1) is 0 Å². The van der Waals surface area contributed by atoms with Gasteiger partial charge in [0.15, 0.2) is 5.96 Å². The van der Waals surface area contributed by atoms with Crippen LogP contribution in [0.15, 0.2) is 4.99 Å². The summed E-state index contributed by atoms with van der Waals surface area (Å²) < 4.78 is 0. The van der Waals surface area contributed by atoms with E-state index in [0.717, 1.165) is 13.5 Å². The topological polar surface area (TPSA) is 105 Å². The lowest BCUT2D eigenvalue weighted by Crippen LogP contribution is -2.25. The third-order valence-electron chi connectivity index (χ3n) is 0.842. The van der Waals surface area contributed by atoms with Crippen molar-refractivity contribution in [3.63, 3.8) is 0 Å². The van der Waals surface area contributed by atoms with E-state index in [9.17, 15) is 0 Å². The van der Waals surface area contributed by atoms with E-state index in [1.807, 2.05) is 19.0 Å². The Labute approximate surface area is 78.2 Å². The van der Waals surface area contributed by atoms with Gasteiger partial charge in [-0.3, -0.25) is 9.79 Å². The lowest BCUT2D eigenvalue weighted by atomic mass is 10.6. The summed E-state index contributed by atoms with van der Waals surface area (Å²) in [4.78, 5) is 14.8. The highest BCUT2D eigenvalue weighted by Gasteiger charge is 1.85. The fraction of sp³-hybridized carbons (Fsp3) is 0.714. The maximum atomic E-state index is 9.00. The molecule has 0 aromatic heterocycles. The number of rotatable bonds is 3. The number of guanidine groups is 1. The number of nitrogens with two attached hydrogens (primary N) is 2. The Bertz CT molecular complexity index is 160. The highest BCUT2D eigenvalue weighted by Crippen LogP contribution is 1.73. The fourth-order valence-electron chi connectivity index (χ4n) is 0.379. The molecule has 0 aliphatic heterocycles. The number of carboxylic acids is 1. The Morgan fingerprint density at radius 3 is 2.08 bits per heavy atom. The SMILES string of the molecule is CC(=O)O.CN(C)CCN=C(N)N. The van der Waals surface area contributed by atoms with Crippen molar-refractivity contribution in [1.29, 1.82) is 0 Å². The first kappa shape index (κ1) is 14.2. The van der Waals surface area contributed by atoms with Gasteiger partial charge in [-0.05, 0) is 14.1 Å². The van der Waals surface area contributed by atoms with E-state index >= 15 is 0 Å². The molecule has 0 spiro atoms. The molecule has 0 aliphatic rings. The zero-order valence-electron chi connectivity index (χ0n) is 8.32. The smallest absolute Gasteiger partial charge is 0.300 e. The van der Waals surface area contributed by atoms with Gasteiger partial charge in [0.1, 0.15) is 0 Å². The van der Waals surface area contributed by atoms with Crippen LogP contribution in [-0.4, -0.2) is 49.1 Å². The van der Waals surface area contributed by atoms with E-state index in [1.54, 1.807) is 0 Å². The van der Waals surface area contributed by atoms with E-state index in [1.165, 1.54) is 0 Å². The average molecular weight is 190 g/mol. The Balaban J connectivity index is 0. The van der Waals surface area contributed by atoms with E-state index in [4.69, 9.17) is 21.4 Å². The third kappa shape index (κ3) is 36.7. The molecule has 0 aromatic carbocycles. The summed E-state index contributed by atoms with van der Waals surface area (Å²) in [6, 6.07) is 0. The molecule has 5 N–H and O–H groups in total. The molecule has 0 rings (SSSR count). The predicted octanol–water partition coefficient (Wildman–Crippen LogP) is -1.09. The molecule has 0 unspecified atom stereocenters. The molecular weight excluding hydrogens is 172 g/mol. The van der Waals surface area contributed by atoms with Gasteiger partial charge in [-0.2, -0.15) is 0 Å².